The van der Waals surface area contributed by atoms with E-state index in [1.165, 1.54) is 4.90 Å². The second-order valence-corrected chi connectivity index (χ2v) is 6.10. The highest BCUT2D eigenvalue weighted by Crippen LogP contribution is 2.40. The second kappa shape index (κ2) is 7.07. The summed E-state index contributed by atoms with van der Waals surface area (Å²) in [5.74, 6) is 1.04. The van der Waals surface area contributed by atoms with Gasteiger partial charge in [-0.25, -0.2) is 4.79 Å². The van der Waals surface area contributed by atoms with E-state index in [1.54, 1.807) is 14.2 Å². The SMILES string of the molecule is COCOc1cccc2c1/C(=C/c1ccc(Br)cc1)OC(=O)N2C. The number of carbonyl (C=O) groups excluding carboxylic acids is 1. The van der Waals surface area contributed by atoms with Gasteiger partial charge < -0.3 is 14.2 Å². The normalized spacial score (nSPS) is 15.2. The predicted octanol–water partition coefficient (Wildman–Crippen LogP) is 4.52. The first-order chi connectivity index (χ1) is 11.6. The van der Waals surface area contributed by atoms with Gasteiger partial charge in [-0.2, -0.15) is 0 Å². The molecule has 0 aromatic heterocycles. The molecule has 6 heteroatoms. The largest absolute Gasteiger partial charge is 0.467 e. The molecule has 2 aromatic carbocycles. The van der Waals surface area contributed by atoms with Crippen LogP contribution in [0.25, 0.3) is 11.8 Å². The Morgan fingerprint density at radius 3 is 2.67 bits per heavy atom. The van der Waals surface area contributed by atoms with Crippen molar-refractivity contribution in [2.45, 2.75) is 0 Å². The van der Waals surface area contributed by atoms with Crippen LogP contribution in [0.3, 0.4) is 0 Å². The van der Waals surface area contributed by atoms with Crippen LogP contribution < -0.4 is 9.64 Å². The van der Waals surface area contributed by atoms with Crippen molar-refractivity contribution < 1.29 is 19.0 Å². The van der Waals surface area contributed by atoms with Crippen molar-refractivity contribution in [3.63, 3.8) is 0 Å². The summed E-state index contributed by atoms with van der Waals surface area (Å²) in [7, 11) is 3.22. The van der Waals surface area contributed by atoms with Gasteiger partial charge in [0.05, 0.1) is 11.3 Å². The zero-order valence-electron chi connectivity index (χ0n) is 13.3. The quantitative estimate of drug-likeness (QED) is 0.721. The molecular weight excluding hydrogens is 374 g/mol. The molecule has 0 N–H and O–H groups in total. The van der Waals surface area contributed by atoms with Gasteiger partial charge in [-0.1, -0.05) is 34.1 Å². The van der Waals surface area contributed by atoms with Crippen molar-refractivity contribution in [3.05, 3.63) is 58.1 Å². The summed E-state index contributed by atoms with van der Waals surface area (Å²) in [6, 6.07) is 13.2. The first kappa shape index (κ1) is 16.5. The Hall–Kier alpha value is -2.31. The van der Waals surface area contributed by atoms with E-state index in [9.17, 15) is 4.79 Å². The van der Waals surface area contributed by atoms with E-state index in [1.807, 2.05) is 48.5 Å². The summed E-state index contributed by atoms with van der Waals surface area (Å²) in [6.45, 7) is 0.111. The second-order valence-electron chi connectivity index (χ2n) is 5.19. The molecule has 1 heterocycles. The molecule has 0 aliphatic carbocycles. The molecule has 0 saturated carbocycles. The number of hydrogen-bond donors (Lipinski definition) is 0. The molecule has 0 spiro atoms. The van der Waals surface area contributed by atoms with Crippen LogP contribution in [0, 0.1) is 0 Å². The van der Waals surface area contributed by atoms with Crippen LogP contribution >= 0.6 is 15.9 Å². The summed E-state index contributed by atoms with van der Waals surface area (Å²) in [4.78, 5) is 13.6. The van der Waals surface area contributed by atoms with Gasteiger partial charge in [0, 0.05) is 18.6 Å². The molecule has 0 bridgehead atoms. The number of ether oxygens (including phenoxy) is 3. The molecule has 24 heavy (non-hydrogen) atoms. The number of nitrogens with zero attached hydrogens (tertiary/aromatic N) is 1. The summed E-state index contributed by atoms with van der Waals surface area (Å²) >= 11 is 3.41. The molecule has 0 radical (unpaired) electrons. The van der Waals surface area contributed by atoms with Crippen LogP contribution in [0.2, 0.25) is 0 Å². The molecule has 0 atom stereocenters. The lowest BCUT2D eigenvalue weighted by Crippen LogP contribution is -2.31. The molecule has 0 saturated heterocycles. The van der Waals surface area contributed by atoms with Crippen molar-refractivity contribution in [2.24, 2.45) is 0 Å². The summed E-state index contributed by atoms with van der Waals surface area (Å²) in [5, 5.41) is 0. The van der Waals surface area contributed by atoms with E-state index in [0.717, 1.165) is 21.3 Å². The monoisotopic (exact) mass is 389 g/mol. The zero-order valence-corrected chi connectivity index (χ0v) is 14.9. The molecule has 3 rings (SSSR count). The molecule has 1 amide bonds. The van der Waals surface area contributed by atoms with E-state index >= 15 is 0 Å². The van der Waals surface area contributed by atoms with Gasteiger partial charge in [-0.05, 0) is 35.9 Å². The lowest BCUT2D eigenvalue weighted by atomic mass is 10.0. The Morgan fingerprint density at radius 1 is 1.21 bits per heavy atom. The van der Waals surface area contributed by atoms with Gasteiger partial charge in [-0.15, -0.1) is 0 Å². The van der Waals surface area contributed by atoms with E-state index in [2.05, 4.69) is 15.9 Å². The number of cyclic esters (lactones) is 1. The summed E-state index contributed by atoms with van der Waals surface area (Å²) in [5.41, 5.74) is 2.36. The minimum Gasteiger partial charge on any atom is -0.467 e. The number of fused-ring (bicyclic) bond motifs is 1. The number of carbonyl (C=O) groups is 1. The standard InChI is InChI=1S/C18H16BrNO4/c1-20-14-4-3-5-15(23-11-22-2)17(14)16(24-18(20)21)10-12-6-8-13(19)9-7-12/h3-10H,11H2,1-2H3/b16-10-. The Balaban J connectivity index is 2.10. The number of halogens is 1. The molecular formula is C18H16BrNO4. The zero-order chi connectivity index (χ0) is 17.1. The lowest BCUT2D eigenvalue weighted by molar-refractivity contribution is 0.0507. The number of methoxy groups -OCH3 is 1. The van der Waals surface area contributed by atoms with E-state index in [-0.39, 0.29) is 6.79 Å². The van der Waals surface area contributed by atoms with Gasteiger partial charge in [0.1, 0.15) is 11.5 Å². The number of amides is 1. The van der Waals surface area contributed by atoms with Gasteiger partial charge in [0.15, 0.2) is 6.79 Å². The predicted molar refractivity (Wildman–Crippen MR) is 95.8 cm³/mol. The van der Waals surface area contributed by atoms with E-state index in [4.69, 9.17) is 14.2 Å². The summed E-state index contributed by atoms with van der Waals surface area (Å²) < 4.78 is 17.1. The third kappa shape index (κ3) is 3.29. The van der Waals surface area contributed by atoms with Gasteiger partial charge in [-0.3, -0.25) is 4.90 Å². The van der Waals surface area contributed by atoms with Gasteiger partial charge in [0.25, 0.3) is 0 Å². The van der Waals surface area contributed by atoms with E-state index in [0.29, 0.717) is 11.5 Å². The fraction of sp³-hybridized carbons (Fsp3) is 0.167. The Morgan fingerprint density at radius 2 is 1.96 bits per heavy atom. The highest BCUT2D eigenvalue weighted by molar-refractivity contribution is 9.10. The van der Waals surface area contributed by atoms with Crippen LogP contribution in [-0.2, 0) is 9.47 Å². The highest BCUT2D eigenvalue weighted by Gasteiger charge is 2.29. The van der Waals surface area contributed by atoms with Crippen molar-refractivity contribution in [2.75, 3.05) is 25.9 Å². The van der Waals surface area contributed by atoms with Crippen LogP contribution in [0.1, 0.15) is 11.1 Å². The van der Waals surface area contributed by atoms with Crippen molar-refractivity contribution in [1.29, 1.82) is 0 Å². The summed E-state index contributed by atoms with van der Waals surface area (Å²) in [6.07, 6.45) is 1.38. The van der Waals surface area contributed by atoms with Crippen LogP contribution in [0.5, 0.6) is 5.75 Å². The fourth-order valence-electron chi connectivity index (χ4n) is 2.41. The molecule has 0 unspecified atom stereocenters. The highest BCUT2D eigenvalue weighted by atomic mass is 79.9. The Kier molecular flexibility index (Phi) is 4.87. The molecule has 1 aliphatic rings. The van der Waals surface area contributed by atoms with Crippen LogP contribution in [0.4, 0.5) is 10.5 Å². The van der Waals surface area contributed by atoms with Gasteiger partial charge >= 0.3 is 6.09 Å². The number of benzene rings is 2. The van der Waals surface area contributed by atoms with Crippen LogP contribution in [-0.4, -0.2) is 27.0 Å². The van der Waals surface area contributed by atoms with Crippen LogP contribution in [0.15, 0.2) is 46.9 Å². The molecule has 0 fully saturated rings. The lowest BCUT2D eigenvalue weighted by Gasteiger charge is -2.28. The maximum Gasteiger partial charge on any atom is 0.419 e. The van der Waals surface area contributed by atoms with Crippen molar-refractivity contribution in [1.82, 2.24) is 0 Å². The number of rotatable bonds is 4. The fourth-order valence-corrected chi connectivity index (χ4v) is 2.68. The average Bonchev–Trinajstić information content (AvgIpc) is 2.59. The number of hydrogen-bond acceptors (Lipinski definition) is 4. The minimum atomic E-state index is -0.435. The Bertz CT molecular complexity index is 786. The average molecular weight is 390 g/mol. The van der Waals surface area contributed by atoms with Gasteiger partial charge in [0.2, 0.25) is 0 Å². The maximum atomic E-state index is 12.1. The third-order valence-electron chi connectivity index (χ3n) is 3.58. The molecule has 1 aliphatic heterocycles. The molecule has 5 nitrogen and oxygen atoms in total. The van der Waals surface area contributed by atoms with Crippen molar-refractivity contribution in [3.8, 4) is 5.75 Å². The minimum absolute atomic E-state index is 0.111. The first-order valence-corrected chi connectivity index (χ1v) is 8.07. The Labute approximate surface area is 148 Å². The molecule has 124 valence electrons. The van der Waals surface area contributed by atoms with E-state index < -0.39 is 6.09 Å². The number of anilines is 1. The molecule has 2 aromatic rings. The first-order valence-electron chi connectivity index (χ1n) is 7.28. The third-order valence-corrected chi connectivity index (χ3v) is 4.11. The van der Waals surface area contributed by atoms with Crippen molar-refractivity contribution >= 4 is 39.5 Å². The smallest absolute Gasteiger partial charge is 0.419 e. The maximum absolute atomic E-state index is 12.1. The topological polar surface area (TPSA) is 48.0 Å².